The van der Waals surface area contributed by atoms with Crippen LogP contribution in [0, 0.1) is 0 Å². The minimum atomic E-state index is -0.498. The van der Waals surface area contributed by atoms with Crippen molar-refractivity contribution in [2.24, 2.45) is 0 Å². The minimum Gasteiger partial charge on any atom is -0.421 e. The summed E-state index contributed by atoms with van der Waals surface area (Å²) in [7, 11) is 0. The number of esters is 1. The number of carbonyl (C=O) groups is 1. The van der Waals surface area contributed by atoms with E-state index in [1.165, 1.54) is 0 Å². The van der Waals surface area contributed by atoms with E-state index in [1.807, 2.05) is 26.0 Å². The molecule has 0 heterocycles. The van der Waals surface area contributed by atoms with E-state index >= 15 is 0 Å². The van der Waals surface area contributed by atoms with E-state index in [0.717, 1.165) is 11.6 Å². The molecule has 2 N–H and O–H groups in total. The molecule has 1 aromatic rings. The standard InChI is InChI=1S/C12H15NO2/c1-4-11(14)15-10-7-5-6-9(8(2)3)12(10)13/h4-8H,1,13H2,2-3H3. The number of rotatable bonds is 3. The Balaban J connectivity index is 3.04. The fourth-order valence-corrected chi connectivity index (χ4v) is 1.30. The van der Waals surface area contributed by atoms with Gasteiger partial charge in [0.2, 0.25) is 0 Å². The van der Waals surface area contributed by atoms with Crippen LogP contribution in [-0.2, 0) is 4.79 Å². The zero-order valence-corrected chi connectivity index (χ0v) is 8.99. The third kappa shape index (κ3) is 2.59. The number of nitrogens with two attached hydrogens (primary N) is 1. The lowest BCUT2D eigenvalue weighted by molar-refractivity contribution is -0.128. The van der Waals surface area contributed by atoms with Crippen molar-refractivity contribution in [3.8, 4) is 5.75 Å². The normalized spacial score (nSPS) is 10.1. The van der Waals surface area contributed by atoms with E-state index in [1.54, 1.807) is 6.07 Å². The summed E-state index contributed by atoms with van der Waals surface area (Å²) >= 11 is 0. The lowest BCUT2D eigenvalue weighted by Gasteiger charge is -2.12. The van der Waals surface area contributed by atoms with Crippen LogP contribution in [0.4, 0.5) is 5.69 Å². The van der Waals surface area contributed by atoms with Crippen molar-refractivity contribution < 1.29 is 9.53 Å². The lowest BCUT2D eigenvalue weighted by Crippen LogP contribution is -2.07. The Morgan fingerprint density at radius 3 is 2.73 bits per heavy atom. The van der Waals surface area contributed by atoms with Crippen LogP contribution in [0.3, 0.4) is 0 Å². The second-order valence-electron chi connectivity index (χ2n) is 3.54. The van der Waals surface area contributed by atoms with E-state index in [4.69, 9.17) is 10.5 Å². The molecular formula is C12H15NO2. The SMILES string of the molecule is C=CC(=O)Oc1cccc(C(C)C)c1N. The molecule has 15 heavy (non-hydrogen) atoms. The Morgan fingerprint density at radius 1 is 1.53 bits per heavy atom. The first-order valence-electron chi connectivity index (χ1n) is 4.79. The summed E-state index contributed by atoms with van der Waals surface area (Å²) in [5.41, 5.74) is 7.37. The molecule has 0 saturated heterocycles. The van der Waals surface area contributed by atoms with Gasteiger partial charge in [-0.3, -0.25) is 0 Å². The zero-order valence-electron chi connectivity index (χ0n) is 8.99. The number of para-hydroxylation sites is 1. The average molecular weight is 205 g/mol. The van der Waals surface area contributed by atoms with Crippen LogP contribution < -0.4 is 10.5 Å². The summed E-state index contributed by atoms with van der Waals surface area (Å²) in [5, 5.41) is 0. The topological polar surface area (TPSA) is 52.3 Å². The third-order valence-corrected chi connectivity index (χ3v) is 2.10. The van der Waals surface area contributed by atoms with Gasteiger partial charge in [0.15, 0.2) is 5.75 Å². The molecule has 0 amide bonds. The first-order valence-corrected chi connectivity index (χ1v) is 4.79. The highest BCUT2D eigenvalue weighted by atomic mass is 16.5. The summed E-state index contributed by atoms with van der Waals surface area (Å²) in [6.45, 7) is 7.39. The van der Waals surface area contributed by atoms with E-state index in [9.17, 15) is 4.79 Å². The molecule has 3 heteroatoms. The molecule has 0 atom stereocenters. The first-order chi connectivity index (χ1) is 7.06. The van der Waals surface area contributed by atoms with Crippen LogP contribution >= 0.6 is 0 Å². The van der Waals surface area contributed by atoms with Crippen molar-refractivity contribution in [3.63, 3.8) is 0 Å². The Kier molecular flexibility index (Phi) is 3.50. The van der Waals surface area contributed by atoms with E-state index in [2.05, 4.69) is 6.58 Å². The van der Waals surface area contributed by atoms with Gasteiger partial charge >= 0.3 is 5.97 Å². The molecule has 0 unspecified atom stereocenters. The summed E-state index contributed by atoms with van der Waals surface area (Å²) in [6, 6.07) is 5.41. The lowest BCUT2D eigenvalue weighted by atomic mass is 10.0. The van der Waals surface area contributed by atoms with Crippen LogP contribution in [0.15, 0.2) is 30.9 Å². The summed E-state index contributed by atoms with van der Waals surface area (Å²) in [6.07, 6.45) is 1.11. The van der Waals surface area contributed by atoms with Crippen molar-refractivity contribution in [2.75, 3.05) is 5.73 Å². The fourth-order valence-electron chi connectivity index (χ4n) is 1.30. The van der Waals surface area contributed by atoms with Crippen LogP contribution in [0.2, 0.25) is 0 Å². The van der Waals surface area contributed by atoms with E-state index in [-0.39, 0.29) is 0 Å². The minimum absolute atomic E-state index is 0.299. The van der Waals surface area contributed by atoms with Crippen molar-refractivity contribution >= 4 is 11.7 Å². The van der Waals surface area contributed by atoms with Crippen molar-refractivity contribution in [2.45, 2.75) is 19.8 Å². The number of ether oxygens (including phenoxy) is 1. The quantitative estimate of drug-likeness (QED) is 0.357. The first kappa shape index (κ1) is 11.3. The molecule has 1 rings (SSSR count). The number of nitrogen functional groups attached to an aromatic ring is 1. The predicted molar refractivity (Wildman–Crippen MR) is 60.8 cm³/mol. The van der Waals surface area contributed by atoms with Crippen LogP contribution in [-0.4, -0.2) is 5.97 Å². The molecule has 0 saturated carbocycles. The molecule has 3 nitrogen and oxygen atoms in total. The summed E-state index contributed by atoms with van der Waals surface area (Å²) < 4.78 is 5.00. The molecule has 0 fully saturated rings. The van der Waals surface area contributed by atoms with Gasteiger partial charge in [-0.15, -0.1) is 0 Å². The average Bonchev–Trinajstić information content (AvgIpc) is 2.20. The smallest absolute Gasteiger partial charge is 0.335 e. The number of benzene rings is 1. The highest BCUT2D eigenvalue weighted by Gasteiger charge is 2.10. The molecule has 0 aliphatic rings. The Bertz CT molecular complexity index is 383. The van der Waals surface area contributed by atoms with Gasteiger partial charge in [-0.1, -0.05) is 32.6 Å². The van der Waals surface area contributed by atoms with Gasteiger partial charge in [0.1, 0.15) is 0 Å². The van der Waals surface area contributed by atoms with Gasteiger partial charge in [-0.25, -0.2) is 4.79 Å². The van der Waals surface area contributed by atoms with Crippen molar-refractivity contribution in [3.05, 3.63) is 36.4 Å². The van der Waals surface area contributed by atoms with Gasteiger partial charge in [-0.2, -0.15) is 0 Å². The van der Waals surface area contributed by atoms with Gasteiger partial charge in [-0.05, 0) is 17.5 Å². The highest BCUT2D eigenvalue weighted by Crippen LogP contribution is 2.30. The second kappa shape index (κ2) is 4.64. The molecule has 0 spiro atoms. The number of hydrogen-bond acceptors (Lipinski definition) is 3. The fraction of sp³-hybridized carbons (Fsp3) is 0.250. The largest absolute Gasteiger partial charge is 0.421 e. The van der Waals surface area contributed by atoms with Crippen molar-refractivity contribution in [1.29, 1.82) is 0 Å². The van der Waals surface area contributed by atoms with E-state index in [0.29, 0.717) is 17.4 Å². The number of carbonyl (C=O) groups excluding carboxylic acids is 1. The van der Waals surface area contributed by atoms with Gasteiger partial charge in [0.05, 0.1) is 5.69 Å². The van der Waals surface area contributed by atoms with Crippen LogP contribution in [0.25, 0.3) is 0 Å². The maximum absolute atomic E-state index is 11.0. The summed E-state index contributed by atoms with van der Waals surface area (Å²) in [5.74, 6) is 0.195. The molecule has 0 aliphatic heterocycles. The predicted octanol–water partition coefficient (Wildman–Crippen LogP) is 2.48. The van der Waals surface area contributed by atoms with Gasteiger partial charge in [0, 0.05) is 6.08 Å². The highest BCUT2D eigenvalue weighted by molar-refractivity contribution is 5.84. The van der Waals surface area contributed by atoms with E-state index < -0.39 is 5.97 Å². The molecule has 1 aromatic carbocycles. The van der Waals surface area contributed by atoms with Crippen LogP contribution in [0.5, 0.6) is 5.75 Å². The Hall–Kier alpha value is -1.77. The van der Waals surface area contributed by atoms with Gasteiger partial charge < -0.3 is 10.5 Å². The number of anilines is 1. The Labute approximate surface area is 89.5 Å². The maximum Gasteiger partial charge on any atom is 0.335 e. The molecule has 0 radical (unpaired) electrons. The molecule has 0 bridgehead atoms. The Morgan fingerprint density at radius 2 is 2.20 bits per heavy atom. The van der Waals surface area contributed by atoms with Crippen molar-refractivity contribution in [1.82, 2.24) is 0 Å². The third-order valence-electron chi connectivity index (χ3n) is 2.10. The molecule has 0 aromatic heterocycles. The molecule has 80 valence electrons. The molecule has 0 aliphatic carbocycles. The maximum atomic E-state index is 11.0. The second-order valence-corrected chi connectivity index (χ2v) is 3.54. The zero-order chi connectivity index (χ0) is 11.4. The monoisotopic (exact) mass is 205 g/mol. The van der Waals surface area contributed by atoms with Crippen LogP contribution in [0.1, 0.15) is 25.3 Å². The summed E-state index contributed by atoms with van der Waals surface area (Å²) in [4.78, 5) is 11.0. The molecular weight excluding hydrogens is 190 g/mol. The van der Waals surface area contributed by atoms with Gasteiger partial charge in [0.25, 0.3) is 0 Å². The number of hydrogen-bond donors (Lipinski definition) is 1.